The Morgan fingerprint density at radius 3 is 2.38 bits per heavy atom. The Morgan fingerprint density at radius 2 is 2.25 bits per heavy atom. The van der Waals surface area contributed by atoms with Gasteiger partial charge in [-0.1, -0.05) is 6.58 Å². The molecule has 0 atom stereocenters. The fourth-order valence-corrected chi connectivity index (χ4v) is 0.260. The molecule has 0 aromatic rings. The highest BCUT2D eigenvalue weighted by Gasteiger charge is 1.76. The van der Waals surface area contributed by atoms with Crippen molar-refractivity contribution in [3.05, 3.63) is 12.4 Å². The normalized spacial score (nSPS) is 6.62. The van der Waals surface area contributed by atoms with Crippen molar-refractivity contribution in [2.24, 2.45) is 4.99 Å². The molecule has 0 aromatic heterocycles. The summed E-state index contributed by atoms with van der Waals surface area (Å²) in [5.41, 5.74) is 0. The molecule has 3 heteroatoms. The Kier molecular flexibility index (Phi) is 7.88. The molecule has 4 N–H and O–H groups in total. The van der Waals surface area contributed by atoms with E-state index in [0.717, 1.165) is 6.54 Å². The molecule has 0 aromatic carbocycles. The predicted molar refractivity (Wildman–Crippen MR) is 37.4 cm³/mol. The van der Waals surface area contributed by atoms with Gasteiger partial charge in [0.15, 0.2) is 0 Å². The summed E-state index contributed by atoms with van der Waals surface area (Å²) < 4.78 is 0. The molecule has 0 amide bonds. The van der Waals surface area contributed by atoms with Crippen LogP contribution in [0.2, 0.25) is 0 Å². The lowest BCUT2D eigenvalue weighted by molar-refractivity contribution is 0.848. The molecular weight excluding hydrogens is 102 g/mol. The van der Waals surface area contributed by atoms with E-state index in [4.69, 9.17) is 0 Å². The first-order valence-electron chi connectivity index (χ1n) is 2.20. The largest absolute Gasteiger partial charge is 0.371 e. The van der Waals surface area contributed by atoms with Gasteiger partial charge in [-0.05, 0) is 13.6 Å². The zero-order chi connectivity index (χ0) is 5.70. The van der Waals surface area contributed by atoms with Crippen molar-refractivity contribution in [3.63, 3.8) is 0 Å². The number of rotatable bonds is 3. The van der Waals surface area contributed by atoms with Crippen molar-refractivity contribution in [1.82, 2.24) is 11.5 Å². The van der Waals surface area contributed by atoms with Crippen molar-refractivity contribution in [3.8, 4) is 0 Å². The summed E-state index contributed by atoms with van der Waals surface area (Å²) in [6.07, 6.45) is 0. The van der Waals surface area contributed by atoms with E-state index in [1.165, 1.54) is 0 Å². The van der Waals surface area contributed by atoms with Gasteiger partial charge in [-0.25, -0.2) is 4.99 Å². The van der Waals surface area contributed by atoms with E-state index in [-0.39, 0.29) is 6.15 Å². The summed E-state index contributed by atoms with van der Waals surface area (Å²) in [7, 11) is 0. The Labute approximate surface area is 50.1 Å². The van der Waals surface area contributed by atoms with Gasteiger partial charge < -0.3 is 11.5 Å². The lowest BCUT2D eigenvalue weighted by atomic mass is 10.7. The molecule has 0 saturated carbocycles. The number of nitrogens with zero attached hydrogens (tertiary/aromatic N) is 1. The van der Waals surface area contributed by atoms with E-state index in [9.17, 15) is 0 Å². The van der Waals surface area contributed by atoms with Crippen LogP contribution in [0.5, 0.6) is 0 Å². The van der Waals surface area contributed by atoms with Gasteiger partial charge in [0.05, 0.1) is 0 Å². The summed E-state index contributed by atoms with van der Waals surface area (Å²) in [5.74, 6) is 0.641. The highest BCUT2D eigenvalue weighted by Crippen LogP contribution is 1.78. The van der Waals surface area contributed by atoms with Gasteiger partial charge in [0, 0.05) is 6.54 Å². The first-order chi connectivity index (χ1) is 3.31. The van der Waals surface area contributed by atoms with Crippen LogP contribution in [0, 0.1) is 0 Å². The number of hydrogen-bond donors (Lipinski definition) is 2. The lowest BCUT2D eigenvalue weighted by Crippen LogP contribution is -2.08. The standard InChI is InChI=1S/C5H10N2.H3N/c1-4-7-5(2)6-3;/h7H,2-4H2,1H3;1H3. The summed E-state index contributed by atoms with van der Waals surface area (Å²) in [6.45, 7) is 9.63. The first kappa shape index (κ1) is 10.2. The van der Waals surface area contributed by atoms with Crippen LogP contribution >= 0.6 is 0 Å². The Bertz CT molecular complexity index is 77.7. The van der Waals surface area contributed by atoms with Crippen molar-refractivity contribution >= 4 is 6.72 Å². The van der Waals surface area contributed by atoms with Crippen LogP contribution in [-0.4, -0.2) is 13.3 Å². The van der Waals surface area contributed by atoms with E-state index in [1.807, 2.05) is 6.92 Å². The zero-order valence-electron chi connectivity index (χ0n) is 5.28. The summed E-state index contributed by atoms with van der Waals surface area (Å²) in [5, 5.41) is 2.87. The lowest BCUT2D eigenvalue weighted by Gasteiger charge is -1.95. The molecule has 0 saturated heterocycles. The molecule has 0 radical (unpaired) electrons. The number of hydrogen-bond acceptors (Lipinski definition) is 3. The first-order valence-corrected chi connectivity index (χ1v) is 2.20. The van der Waals surface area contributed by atoms with Gasteiger partial charge in [0.1, 0.15) is 5.82 Å². The highest BCUT2D eigenvalue weighted by atomic mass is 15.0. The molecule has 0 aliphatic carbocycles. The molecular formula is C5H13N3. The third-order valence-electron chi connectivity index (χ3n) is 0.572. The second kappa shape index (κ2) is 6.17. The minimum atomic E-state index is 0. The van der Waals surface area contributed by atoms with Crippen molar-refractivity contribution in [2.45, 2.75) is 6.92 Å². The third-order valence-corrected chi connectivity index (χ3v) is 0.572. The van der Waals surface area contributed by atoms with Crippen molar-refractivity contribution in [1.29, 1.82) is 0 Å². The summed E-state index contributed by atoms with van der Waals surface area (Å²) in [4.78, 5) is 3.52. The van der Waals surface area contributed by atoms with Crippen LogP contribution in [0.15, 0.2) is 17.4 Å². The molecule has 0 fully saturated rings. The van der Waals surface area contributed by atoms with Crippen LogP contribution in [0.3, 0.4) is 0 Å². The van der Waals surface area contributed by atoms with Gasteiger partial charge >= 0.3 is 0 Å². The van der Waals surface area contributed by atoms with E-state index in [2.05, 4.69) is 23.6 Å². The Hall–Kier alpha value is -0.830. The fraction of sp³-hybridized carbons (Fsp3) is 0.400. The van der Waals surface area contributed by atoms with Gasteiger partial charge in [0.25, 0.3) is 0 Å². The molecule has 8 heavy (non-hydrogen) atoms. The molecule has 0 rings (SSSR count). The number of aliphatic imine (C=N–C) groups is 1. The van der Waals surface area contributed by atoms with Crippen LogP contribution in [0.25, 0.3) is 0 Å². The average Bonchev–Trinajstić information content (AvgIpc) is 1.68. The number of nitrogens with one attached hydrogen (secondary N) is 1. The summed E-state index contributed by atoms with van der Waals surface area (Å²) in [6, 6.07) is 0. The minimum absolute atomic E-state index is 0. The molecule has 0 unspecified atom stereocenters. The SMILES string of the molecule is C=NC(=C)NCC.N. The van der Waals surface area contributed by atoms with Gasteiger partial charge in [-0.3, -0.25) is 0 Å². The van der Waals surface area contributed by atoms with E-state index in [1.54, 1.807) is 0 Å². The van der Waals surface area contributed by atoms with Crippen LogP contribution in [-0.2, 0) is 0 Å². The average molecular weight is 115 g/mol. The maximum atomic E-state index is 3.52. The summed E-state index contributed by atoms with van der Waals surface area (Å²) >= 11 is 0. The van der Waals surface area contributed by atoms with Crippen LogP contribution in [0.4, 0.5) is 0 Å². The monoisotopic (exact) mass is 115 g/mol. The van der Waals surface area contributed by atoms with Crippen LogP contribution in [0.1, 0.15) is 6.92 Å². The topological polar surface area (TPSA) is 59.4 Å². The second-order valence-electron chi connectivity index (χ2n) is 1.14. The smallest absolute Gasteiger partial charge is 0.117 e. The fourth-order valence-electron chi connectivity index (χ4n) is 0.260. The van der Waals surface area contributed by atoms with Crippen molar-refractivity contribution < 1.29 is 0 Å². The van der Waals surface area contributed by atoms with Gasteiger partial charge in [-0.2, -0.15) is 0 Å². The van der Waals surface area contributed by atoms with Crippen molar-refractivity contribution in [2.75, 3.05) is 6.54 Å². The van der Waals surface area contributed by atoms with E-state index >= 15 is 0 Å². The maximum absolute atomic E-state index is 3.52. The molecule has 3 nitrogen and oxygen atoms in total. The third kappa shape index (κ3) is 5.17. The Balaban J connectivity index is 0. The second-order valence-corrected chi connectivity index (χ2v) is 1.14. The maximum Gasteiger partial charge on any atom is 0.117 e. The molecule has 0 spiro atoms. The van der Waals surface area contributed by atoms with Crippen LogP contribution < -0.4 is 11.5 Å². The van der Waals surface area contributed by atoms with Gasteiger partial charge in [0.2, 0.25) is 0 Å². The molecule has 0 heterocycles. The van der Waals surface area contributed by atoms with E-state index in [0.29, 0.717) is 5.82 Å². The van der Waals surface area contributed by atoms with E-state index < -0.39 is 0 Å². The predicted octanol–water partition coefficient (Wildman–Crippen LogP) is 0.930. The highest BCUT2D eigenvalue weighted by molar-refractivity contribution is 5.27. The quantitative estimate of drug-likeness (QED) is 0.537. The zero-order valence-corrected chi connectivity index (χ0v) is 5.28. The van der Waals surface area contributed by atoms with Gasteiger partial charge in [-0.15, -0.1) is 0 Å². The Morgan fingerprint density at radius 1 is 1.75 bits per heavy atom. The minimum Gasteiger partial charge on any atom is -0.371 e. The molecule has 0 bridgehead atoms. The molecule has 0 aliphatic rings. The molecule has 0 aliphatic heterocycles. The molecule has 48 valence electrons.